The highest BCUT2D eigenvalue weighted by molar-refractivity contribution is 6.36. The third kappa shape index (κ3) is 3.78. The molecule has 0 aliphatic carbocycles. The van der Waals surface area contributed by atoms with Crippen LogP contribution < -0.4 is 22.1 Å². The number of amides is 2. The molecule has 7 nitrogen and oxygen atoms in total. The molecule has 2 aromatic carbocycles. The van der Waals surface area contributed by atoms with Crippen molar-refractivity contribution in [2.75, 3.05) is 16.8 Å². The lowest BCUT2D eigenvalue weighted by Gasteiger charge is -2.12. The average Bonchev–Trinajstić information content (AvgIpc) is 2.50. The Hall–Kier alpha value is -3.06. The Morgan fingerprint density at radius 3 is 2.61 bits per heavy atom. The maximum atomic E-state index is 12.0. The summed E-state index contributed by atoms with van der Waals surface area (Å²) in [6.45, 7) is 0. The SMILES string of the molecule is N=Cc1c(N)ccc(NC(=O)NC(=N)c2cccc(N)c2)c1Cl. The van der Waals surface area contributed by atoms with E-state index in [9.17, 15) is 4.79 Å². The quantitative estimate of drug-likeness (QED) is 0.292. The van der Waals surface area contributed by atoms with Crippen LogP contribution in [0.15, 0.2) is 36.4 Å². The van der Waals surface area contributed by atoms with Crippen LogP contribution in [0.1, 0.15) is 11.1 Å². The number of anilines is 3. The van der Waals surface area contributed by atoms with E-state index in [1.165, 1.54) is 12.1 Å². The van der Waals surface area contributed by atoms with E-state index in [0.29, 0.717) is 22.5 Å². The van der Waals surface area contributed by atoms with Crippen LogP contribution in [0, 0.1) is 10.8 Å². The molecule has 0 unspecified atom stereocenters. The van der Waals surface area contributed by atoms with Crippen LogP contribution in [0.5, 0.6) is 0 Å². The summed E-state index contributed by atoms with van der Waals surface area (Å²) >= 11 is 6.09. The van der Waals surface area contributed by atoms with Crippen molar-refractivity contribution >= 4 is 46.7 Å². The minimum Gasteiger partial charge on any atom is -0.399 e. The molecule has 2 amide bonds. The van der Waals surface area contributed by atoms with E-state index in [4.69, 9.17) is 33.9 Å². The Morgan fingerprint density at radius 1 is 1.22 bits per heavy atom. The summed E-state index contributed by atoms with van der Waals surface area (Å²) in [6, 6.07) is 9.02. The smallest absolute Gasteiger partial charge is 0.324 e. The molecule has 0 radical (unpaired) electrons. The highest BCUT2D eigenvalue weighted by atomic mass is 35.5. The summed E-state index contributed by atoms with van der Waals surface area (Å²) in [5.41, 5.74) is 13.2. The number of carbonyl (C=O) groups is 1. The third-order valence-electron chi connectivity index (χ3n) is 3.02. The van der Waals surface area contributed by atoms with Gasteiger partial charge in [-0.2, -0.15) is 0 Å². The fourth-order valence-electron chi connectivity index (χ4n) is 1.88. The number of carbonyl (C=O) groups excluding carboxylic acids is 1. The molecule has 2 rings (SSSR count). The van der Waals surface area contributed by atoms with Gasteiger partial charge in [0.2, 0.25) is 0 Å². The summed E-state index contributed by atoms with van der Waals surface area (Å²) in [5.74, 6) is -0.103. The molecule has 8 N–H and O–H groups in total. The minimum absolute atomic E-state index is 0.103. The highest BCUT2D eigenvalue weighted by Crippen LogP contribution is 2.29. The van der Waals surface area contributed by atoms with E-state index in [1.54, 1.807) is 24.3 Å². The molecular formula is C15H15ClN6O. The number of amidine groups is 1. The average molecular weight is 331 g/mol. The number of nitrogens with one attached hydrogen (secondary N) is 4. The van der Waals surface area contributed by atoms with Crippen molar-refractivity contribution in [3.8, 4) is 0 Å². The summed E-state index contributed by atoms with van der Waals surface area (Å²) in [5, 5.41) is 20.2. The van der Waals surface area contributed by atoms with Gasteiger partial charge in [-0.15, -0.1) is 0 Å². The summed E-state index contributed by atoms with van der Waals surface area (Å²) < 4.78 is 0. The van der Waals surface area contributed by atoms with Crippen LogP contribution >= 0.6 is 11.6 Å². The Labute approximate surface area is 137 Å². The summed E-state index contributed by atoms with van der Waals surface area (Å²) in [7, 11) is 0. The Morgan fingerprint density at radius 2 is 1.96 bits per heavy atom. The first-order valence-corrected chi connectivity index (χ1v) is 6.91. The molecule has 8 heteroatoms. The van der Waals surface area contributed by atoms with Crippen molar-refractivity contribution in [1.29, 1.82) is 10.8 Å². The molecule has 0 atom stereocenters. The van der Waals surface area contributed by atoms with Gasteiger partial charge in [-0.05, 0) is 24.3 Å². The molecule has 0 saturated heterocycles. The molecule has 0 aliphatic heterocycles. The van der Waals surface area contributed by atoms with Crippen molar-refractivity contribution in [1.82, 2.24) is 5.32 Å². The molecule has 0 heterocycles. The molecule has 0 aliphatic rings. The third-order valence-corrected chi connectivity index (χ3v) is 3.43. The van der Waals surface area contributed by atoms with Gasteiger partial charge < -0.3 is 22.2 Å². The van der Waals surface area contributed by atoms with E-state index >= 15 is 0 Å². The lowest BCUT2D eigenvalue weighted by molar-refractivity contribution is 0.256. The van der Waals surface area contributed by atoms with Gasteiger partial charge in [0, 0.05) is 28.7 Å². The molecule has 2 aromatic rings. The molecule has 0 aromatic heterocycles. The summed E-state index contributed by atoms with van der Waals surface area (Å²) in [4.78, 5) is 12.0. The van der Waals surface area contributed by atoms with Crippen molar-refractivity contribution < 1.29 is 4.79 Å². The van der Waals surface area contributed by atoms with Gasteiger partial charge in [0.15, 0.2) is 0 Å². The van der Waals surface area contributed by atoms with Gasteiger partial charge in [0.1, 0.15) is 5.84 Å². The maximum absolute atomic E-state index is 12.0. The van der Waals surface area contributed by atoms with E-state index < -0.39 is 6.03 Å². The second kappa shape index (κ2) is 6.80. The lowest BCUT2D eigenvalue weighted by atomic mass is 10.1. The lowest BCUT2D eigenvalue weighted by Crippen LogP contribution is -2.34. The molecule has 0 spiro atoms. The van der Waals surface area contributed by atoms with Gasteiger partial charge >= 0.3 is 6.03 Å². The van der Waals surface area contributed by atoms with Crippen molar-refractivity contribution in [3.63, 3.8) is 0 Å². The molecule has 0 saturated carbocycles. The number of benzene rings is 2. The first-order chi connectivity index (χ1) is 10.9. The van der Waals surface area contributed by atoms with Gasteiger partial charge in [0.05, 0.1) is 10.7 Å². The predicted molar refractivity (Wildman–Crippen MR) is 93.6 cm³/mol. The molecular weight excluding hydrogens is 316 g/mol. The molecule has 0 fully saturated rings. The largest absolute Gasteiger partial charge is 0.399 e. The first kappa shape index (κ1) is 16.3. The standard InChI is InChI=1S/C15H15ClN6O/c16-13-10(7-17)11(19)4-5-12(13)21-15(23)22-14(20)8-2-1-3-9(18)6-8/h1-7,17H,18-19H2,(H3,20,21,22,23). The minimum atomic E-state index is -0.639. The van der Waals surface area contributed by atoms with Crippen LogP contribution in [0.4, 0.5) is 21.9 Å². The number of rotatable bonds is 3. The highest BCUT2D eigenvalue weighted by Gasteiger charge is 2.12. The van der Waals surface area contributed by atoms with Crippen molar-refractivity contribution in [2.24, 2.45) is 0 Å². The van der Waals surface area contributed by atoms with Gasteiger partial charge in [-0.25, -0.2) is 4.79 Å². The number of urea groups is 1. The predicted octanol–water partition coefficient (Wildman–Crippen LogP) is 2.65. The second-order valence-corrected chi connectivity index (χ2v) is 5.03. The second-order valence-electron chi connectivity index (χ2n) is 4.65. The number of hydrogen-bond acceptors (Lipinski definition) is 5. The summed E-state index contributed by atoms with van der Waals surface area (Å²) in [6.07, 6.45) is 1.01. The zero-order valence-electron chi connectivity index (χ0n) is 12.0. The van der Waals surface area contributed by atoms with Crippen molar-refractivity contribution in [3.05, 3.63) is 52.5 Å². The van der Waals surface area contributed by atoms with Gasteiger partial charge in [0.25, 0.3) is 0 Å². The van der Waals surface area contributed by atoms with Crippen molar-refractivity contribution in [2.45, 2.75) is 0 Å². The molecule has 23 heavy (non-hydrogen) atoms. The fraction of sp³-hybridized carbons (Fsp3) is 0. The molecule has 0 bridgehead atoms. The molecule has 118 valence electrons. The fourth-order valence-corrected chi connectivity index (χ4v) is 2.16. The Bertz CT molecular complexity index is 790. The number of nitrogen functional groups attached to an aromatic ring is 2. The van der Waals surface area contributed by atoms with Crippen LogP contribution in [0.3, 0.4) is 0 Å². The maximum Gasteiger partial charge on any atom is 0.324 e. The first-order valence-electron chi connectivity index (χ1n) is 6.53. The van der Waals surface area contributed by atoms with E-state index in [0.717, 1.165) is 6.21 Å². The Kier molecular flexibility index (Phi) is 4.82. The van der Waals surface area contributed by atoms with Crippen LogP contribution in [0.2, 0.25) is 5.02 Å². The number of nitrogens with two attached hydrogens (primary N) is 2. The van der Waals surface area contributed by atoms with Crippen LogP contribution in [-0.2, 0) is 0 Å². The van der Waals surface area contributed by atoms with Crippen LogP contribution in [-0.4, -0.2) is 18.1 Å². The topological polar surface area (TPSA) is 141 Å². The van der Waals surface area contributed by atoms with E-state index in [1.807, 2.05) is 0 Å². The monoisotopic (exact) mass is 330 g/mol. The van der Waals surface area contributed by atoms with Crippen LogP contribution in [0.25, 0.3) is 0 Å². The van der Waals surface area contributed by atoms with E-state index in [2.05, 4.69) is 10.6 Å². The van der Waals surface area contributed by atoms with Gasteiger partial charge in [-0.1, -0.05) is 23.7 Å². The van der Waals surface area contributed by atoms with Gasteiger partial charge in [-0.3, -0.25) is 10.7 Å². The normalized spacial score (nSPS) is 9.96. The zero-order chi connectivity index (χ0) is 17.0. The zero-order valence-corrected chi connectivity index (χ0v) is 12.7. The number of halogens is 1. The Balaban J connectivity index is 2.11. The number of hydrogen-bond donors (Lipinski definition) is 6. The van der Waals surface area contributed by atoms with E-state index in [-0.39, 0.29) is 16.5 Å².